The van der Waals surface area contributed by atoms with Crippen LogP contribution in [0.1, 0.15) is 22.7 Å². The van der Waals surface area contributed by atoms with Gasteiger partial charge in [0.15, 0.2) is 0 Å². The standard InChI is InChI=1S/C22H16ClN5O/c1-14-8-10-16(11-9-14)21-25-22(29-27-21)17(13-24)12-19-15(2)26-28(20(19)23)18-6-4-3-5-7-18/h3-12H,1-2H3/b17-12+. The summed E-state index contributed by atoms with van der Waals surface area (Å²) < 4.78 is 6.95. The highest BCUT2D eigenvalue weighted by Crippen LogP contribution is 2.28. The van der Waals surface area contributed by atoms with Gasteiger partial charge in [0.2, 0.25) is 5.82 Å². The molecule has 0 unspecified atom stereocenters. The Kier molecular flexibility index (Phi) is 4.98. The summed E-state index contributed by atoms with van der Waals surface area (Å²) >= 11 is 6.55. The van der Waals surface area contributed by atoms with Crippen LogP contribution in [0.25, 0.3) is 28.7 Å². The van der Waals surface area contributed by atoms with Crippen LogP contribution in [-0.4, -0.2) is 19.9 Å². The van der Waals surface area contributed by atoms with E-state index in [1.54, 1.807) is 10.8 Å². The van der Waals surface area contributed by atoms with Crippen LogP contribution in [0.15, 0.2) is 59.1 Å². The summed E-state index contributed by atoms with van der Waals surface area (Å²) in [6, 6.07) is 19.4. The first-order valence-corrected chi connectivity index (χ1v) is 9.28. The summed E-state index contributed by atoms with van der Waals surface area (Å²) in [5, 5.41) is 18.5. The molecule has 0 atom stereocenters. The van der Waals surface area contributed by atoms with Gasteiger partial charge in [0.25, 0.3) is 5.89 Å². The summed E-state index contributed by atoms with van der Waals surface area (Å²) in [5.41, 5.74) is 4.31. The van der Waals surface area contributed by atoms with Crippen molar-refractivity contribution < 1.29 is 4.52 Å². The minimum atomic E-state index is 0.131. The van der Waals surface area contributed by atoms with E-state index in [1.165, 1.54) is 0 Å². The van der Waals surface area contributed by atoms with E-state index in [0.29, 0.717) is 22.2 Å². The van der Waals surface area contributed by atoms with E-state index >= 15 is 0 Å². The van der Waals surface area contributed by atoms with Crippen LogP contribution < -0.4 is 0 Å². The molecular weight excluding hydrogens is 386 g/mol. The van der Waals surface area contributed by atoms with Gasteiger partial charge in [-0.25, -0.2) is 4.68 Å². The lowest BCUT2D eigenvalue weighted by Crippen LogP contribution is -1.95. The quantitative estimate of drug-likeness (QED) is 0.436. The van der Waals surface area contributed by atoms with Gasteiger partial charge in [-0.1, -0.05) is 64.8 Å². The van der Waals surface area contributed by atoms with Crippen LogP contribution in [0.5, 0.6) is 0 Å². The van der Waals surface area contributed by atoms with Crippen molar-refractivity contribution >= 4 is 23.3 Å². The van der Waals surface area contributed by atoms with Gasteiger partial charge in [0.1, 0.15) is 16.8 Å². The Morgan fingerprint density at radius 2 is 1.83 bits per heavy atom. The third-order valence-corrected chi connectivity index (χ3v) is 4.79. The zero-order valence-electron chi connectivity index (χ0n) is 15.8. The molecule has 0 N–H and O–H groups in total. The maximum Gasteiger partial charge on any atom is 0.268 e. The van der Waals surface area contributed by atoms with E-state index in [2.05, 4.69) is 21.3 Å². The Balaban J connectivity index is 1.72. The molecule has 4 aromatic rings. The minimum absolute atomic E-state index is 0.131. The molecule has 0 fully saturated rings. The number of para-hydroxylation sites is 1. The van der Waals surface area contributed by atoms with Crippen LogP contribution in [0.4, 0.5) is 0 Å². The molecule has 0 amide bonds. The number of allylic oxidation sites excluding steroid dienone is 1. The summed E-state index contributed by atoms with van der Waals surface area (Å²) in [7, 11) is 0. The van der Waals surface area contributed by atoms with Crippen LogP contribution in [0.2, 0.25) is 5.15 Å². The second-order valence-corrected chi connectivity index (χ2v) is 6.85. The molecule has 0 aliphatic heterocycles. The van der Waals surface area contributed by atoms with E-state index in [1.807, 2.05) is 68.4 Å². The molecule has 6 nitrogen and oxygen atoms in total. The third-order valence-electron chi connectivity index (χ3n) is 4.42. The number of rotatable bonds is 4. The Hall–Kier alpha value is -3.69. The van der Waals surface area contributed by atoms with Crippen LogP contribution in [0.3, 0.4) is 0 Å². The van der Waals surface area contributed by atoms with Gasteiger partial charge >= 0.3 is 0 Å². The Bertz CT molecular complexity index is 1230. The van der Waals surface area contributed by atoms with Crippen LogP contribution in [-0.2, 0) is 0 Å². The van der Waals surface area contributed by atoms with Crippen molar-refractivity contribution in [2.75, 3.05) is 0 Å². The lowest BCUT2D eigenvalue weighted by molar-refractivity contribution is 0.409. The number of halogens is 1. The van der Waals surface area contributed by atoms with E-state index in [0.717, 1.165) is 16.8 Å². The average Bonchev–Trinajstić information content (AvgIpc) is 3.33. The average molecular weight is 402 g/mol. The first-order valence-electron chi connectivity index (χ1n) is 8.90. The van der Waals surface area contributed by atoms with E-state index < -0.39 is 0 Å². The van der Waals surface area contributed by atoms with Crippen molar-refractivity contribution in [1.29, 1.82) is 5.26 Å². The number of nitriles is 1. The highest BCUT2D eigenvalue weighted by Gasteiger charge is 2.17. The number of nitrogens with zero attached hydrogens (tertiary/aromatic N) is 5. The molecule has 29 heavy (non-hydrogen) atoms. The first-order chi connectivity index (χ1) is 14.1. The molecule has 4 rings (SSSR count). The van der Waals surface area contributed by atoms with Crippen LogP contribution >= 0.6 is 11.6 Å². The summed E-state index contributed by atoms with van der Waals surface area (Å²) in [4.78, 5) is 4.36. The Labute approximate surface area is 172 Å². The molecule has 2 aromatic carbocycles. The summed E-state index contributed by atoms with van der Waals surface area (Å²) in [6.07, 6.45) is 1.62. The maximum atomic E-state index is 9.65. The van der Waals surface area contributed by atoms with Gasteiger partial charge in [-0.3, -0.25) is 0 Å². The second-order valence-electron chi connectivity index (χ2n) is 6.50. The van der Waals surface area contributed by atoms with E-state index in [-0.39, 0.29) is 11.5 Å². The summed E-state index contributed by atoms with van der Waals surface area (Å²) in [6.45, 7) is 3.83. The SMILES string of the molecule is Cc1ccc(-c2noc(/C(C#N)=C/c3c(C)nn(-c4ccccc4)c3Cl)n2)cc1. The predicted octanol–water partition coefficient (Wildman–Crippen LogP) is 5.26. The number of aryl methyl sites for hydroxylation is 2. The largest absolute Gasteiger partial charge is 0.333 e. The molecule has 142 valence electrons. The maximum absolute atomic E-state index is 9.65. The molecule has 0 aliphatic rings. The van der Waals surface area contributed by atoms with Gasteiger partial charge in [0, 0.05) is 11.1 Å². The van der Waals surface area contributed by atoms with Crippen molar-refractivity contribution in [2.24, 2.45) is 0 Å². The summed E-state index contributed by atoms with van der Waals surface area (Å²) in [5.74, 6) is 0.551. The molecule has 0 saturated carbocycles. The number of hydrogen-bond acceptors (Lipinski definition) is 5. The van der Waals surface area contributed by atoms with Crippen molar-refractivity contribution in [2.45, 2.75) is 13.8 Å². The van der Waals surface area contributed by atoms with E-state index in [4.69, 9.17) is 16.1 Å². The molecule has 0 radical (unpaired) electrons. The van der Waals surface area contributed by atoms with E-state index in [9.17, 15) is 5.26 Å². The zero-order valence-corrected chi connectivity index (χ0v) is 16.6. The molecule has 0 aliphatic carbocycles. The first kappa shape index (κ1) is 18.7. The lowest BCUT2D eigenvalue weighted by atomic mass is 10.1. The number of aromatic nitrogens is 4. The fourth-order valence-electron chi connectivity index (χ4n) is 2.85. The smallest absolute Gasteiger partial charge is 0.268 e. The molecule has 2 aromatic heterocycles. The predicted molar refractivity (Wildman–Crippen MR) is 111 cm³/mol. The lowest BCUT2D eigenvalue weighted by Gasteiger charge is -2.02. The molecule has 0 spiro atoms. The highest BCUT2D eigenvalue weighted by molar-refractivity contribution is 6.31. The third kappa shape index (κ3) is 3.68. The van der Waals surface area contributed by atoms with Gasteiger partial charge in [-0.05, 0) is 32.1 Å². The van der Waals surface area contributed by atoms with Crippen molar-refractivity contribution in [1.82, 2.24) is 19.9 Å². The Morgan fingerprint density at radius 1 is 1.10 bits per heavy atom. The van der Waals surface area contributed by atoms with Gasteiger partial charge in [0.05, 0.1) is 11.4 Å². The molecule has 2 heterocycles. The molecule has 0 saturated heterocycles. The van der Waals surface area contributed by atoms with Gasteiger partial charge < -0.3 is 4.52 Å². The fourth-order valence-corrected chi connectivity index (χ4v) is 3.18. The monoisotopic (exact) mass is 401 g/mol. The zero-order chi connectivity index (χ0) is 20.4. The minimum Gasteiger partial charge on any atom is -0.333 e. The number of hydrogen-bond donors (Lipinski definition) is 0. The fraction of sp³-hybridized carbons (Fsp3) is 0.0909. The molecular formula is C22H16ClN5O. The van der Waals surface area contributed by atoms with Crippen molar-refractivity contribution in [3.8, 4) is 23.1 Å². The van der Waals surface area contributed by atoms with Gasteiger partial charge in [-0.2, -0.15) is 15.3 Å². The topological polar surface area (TPSA) is 80.5 Å². The normalized spacial score (nSPS) is 11.4. The number of benzene rings is 2. The Morgan fingerprint density at radius 3 is 2.52 bits per heavy atom. The van der Waals surface area contributed by atoms with Crippen LogP contribution in [0, 0.1) is 25.2 Å². The highest BCUT2D eigenvalue weighted by atomic mass is 35.5. The molecule has 7 heteroatoms. The van der Waals surface area contributed by atoms with Gasteiger partial charge in [-0.15, -0.1) is 0 Å². The second kappa shape index (κ2) is 7.74. The van der Waals surface area contributed by atoms with Crippen molar-refractivity contribution in [3.05, 3.63) is 82.5 Å². The molecule has 0 bridgehead atoms. The van der Waals surface area contributed by atoms with Crippen molar-refractivity contribution in [3.63, 3.8) is 0 Å².